The van der Waals surface area contributed by atoms with E-state index in [1.165, 1.54) is 24.4 Å². The minimum Gasteiger partial charge on any atom is -0.506 e. The van der Waals surface area contributed by atoms with Crippen LogP contribution in [0.1, 0.15) is 0 Å². The molecule has 0 aliphatic rings. The second kappa shape index (κ2) is 2.96. The molecule has 0 saturated carbocycles. The molecule has 2 nitrogen and oxygen atoms in total. The van der Waals surface area contributed by atoms with Crippen molar-refractivity contribution in [2.75, 3.05) is 0 Å². The minimum atomic E-state index is -0.347. The van der Waals surface area contributed by atoms with Gasteiger partial charge in [0.05, 0.1) is 6.20 Å². The molecule has 1 aromatic carbocycles. The highest BCUT2D eigenvalue weighted by molar-refractivity contribution is 9.10. The van der Waals surface area contributed by atoms with Gasteiger partial charge in [0.25, 0.3) is 0 Å². The molecule has 0 aliphatic carbocycles. The Hall–Kier alpha value is -1.16. The first-order valence-electron chi connectivity index (χ1n) is 3.61. The molecule has 0 fully saturated rings. The van der Waals surface area contributed by atoms with Crippen LogP contribution in [-0.4, -0.2) is 10.1 Å². The van der Waals surface area contributed by atoms with E-state index >= 15 is 0 Å². The number of pyridine rings is 1. The highest BCUT2D eigenvalue weighted by Gasteiger charge is 2.05. The van der Waals surface area contributed by atoms with Crippen molar-refractivity contribution in [1.82, 2.24) is 4.98 Å². The summed E-state index contributed by atoms with van der Waals surface area (Å²) in [6.45, 7) is 0. The van der Waals surface area contributed by atoms with Crippen molar-refractivity contribution in [2.24, 2.45) is 0 Å². The van der Waals surface area contributed by atoms with E-state index in [4.69, 9.17) is 0 Å². The Morgan fingerprint density at radius 2 is 2.08 bits per heavy atom. The minimum absolute atomic E-state index is 0.0539. The van der Waals surface area contributed by atoms with Crippen molar-refractivity contribution in [3.63, 3.8) is 0 Å². The van der Waals surface area contributed by atoms with E-state index in [1.807, 2.05) is 0 Å². The van der Waals surface area contributed by atoms with Crippen LogP contribution in [0.3, 0.4) is 0 Å². The lowest BCUT2D eigenvalue weighted by atomic mass is 10.1. The highest BCUT2D eigenvalue weighted by Crippen LogP contribution is 2.28. The van der Waals surface area contributed by atoms with Crippen LogP contribution in [-0.2, 0) is 0 Å². The molecule has 0 unspecified atom stereocenters. The van der Waals surface area contributed by atoms with Gasteiger partial charge in [0.2, 0.25) is 0 Å². The van der Waals surface area contributed by atoms with Gasteiger partial charge in [-0.3, -0.25) is 0 Å². The largest absolute Gasteiger partial charge is 0.506 e. The topological polar surface area (TPSA) is 33.1 Å². The van der Waals surface area contributed by atoms with Gasteiger partial charge in [-0.2, -0.15) is 0 Å². The molecule has 0 spiro atoms. The Morgan fingerprint density at radius 3 is 2.85 bits per heavy atom. The number of hydrogen-bond donors (Lipinski definition) is 1. The van der Waals surface area contributed by atoms with Gasteiger partial charge in [0.1, 0.15) is 16.2 Å². The summed E-state index contributed by atoms with van der Waals surface area (Å²) in [6.07, 6.45) is 1.32. The van der Waals surface area contributed by atoms with E-state index in [0.717, 1.165) is 0 Å². The first-order chi connectivity index (χ1) is 6.18. The fraction of sp³-hybridized carbons (Fsp3) is 0. The standard InChI is InChI=1S/C9H5BrFNO/c10-9-7-3-5(11)1-2-6(7)8(13)4-12-9/h1-4,13H. The van der Waals surface area contributed by atoms with E-state index < -0.39 is 0 Å². The number of aromatic nitrogens is 1. The summed E-state index contributed by atoms with van der Waals surface area (Å²) in [4.78, 5) is 3.85. The lowest BCUT2D eigenvalue weighted by Gasteiger charge is -2.01. The number of benzene rings is 1. The number of hydrogen-bond acceptors (Lipinski definition) is 2. The number of nitrogens with zero attached hydrogens (tertiary/aromatic N) is 1. The maximum absolute atomic E-state index is 12.8. The molecule has 0 saturated heterocycles. The Labute approximate surface area is 82.2 Å². The molecule has 0 radical (unpaired) electrons. The zero-order valence-electron chi connectivity index (χ0n) is 6.46. The van der Waals surface area contributed by atoms with Gasteiger partial charge in [0, 0.05) is 10.8 Å². The van der Waals surface area contributed by atoms with Gasteiger partial charge in [-0.15, -0.1) is 0 Å². The maximum Gasteiger partial charge on any atom is 0.141 e. The Morgan fingerprint density at radius 1 is 1.31 bits per heavy atom. The van der Waals surface area contributed by atoms with Crippen LogP contribution in [0.5, 0.6) is 5.75 Å². The fourth-order valence-corrected chi connectivity index (χ4v) is 1.60. The van der Waals surface area contributed by atoms with Gasteiger partial charge in [-0.25, -0.2) is 9.37 Å². The van der Waals surface area contributed by atoms with Crippen molar-refractivity contribution < 1.29 is 9.50 Å². The van der Waals surface area contributed by atoms with Crippen molar-refractivity contribution in [3.05, 3.63) is 34.8 Å². The molecule has 66 valence electrons. The number of fused-ring (bicyclic) bond motifs is 1. The fourth-order valence-electron chi connectivity index (χ4n) is 1.17. The molecule has 1 heterocycles. The van der Waals surface area contributed by atoms with Crippen LogP contribution < -0.4 is 0 Å². The van der Waals surface area contributed by atoms with Gasteiger partial charge in [-0.1, -0.05) is 0 Å². The van der Waals surface area contributed by atoms with Crippen molar-refractivity contribution in [2.45, 2.75) is 0 Å². The monoisotopic (exact) mass is 241 g/mol. The van der Waals surface area contributed by atoms with Gasteiger partial charge >= 0.3 is 0 Å². The average Bonchev–Trinajstić information content (AvgIpc) is 2.12. The molecular formula is C9H5BrFNO. The van der Waals surface area contributed by atoms with Gasteiger partial charge in [-0.05, 0) is 34.1 Å². The van der Waals surface area contributed by atoms with Crippen molar-refractivity contribution in [3.8, 4) is 5.75 Å². The number of aromatic hydroxyl groups is 1. The molecule has 1 aromatic heterocycles. The lowest BCUT2D eigenvalue weighted by Crippen LogP contribution is -1.82. The van der Waals surface area contributed by atoms with E-state index in [9.17, 15) is 9.50 Å². The zero-order valence-corrected chi connectivity index (χ0v) is 8.05. The molecule has 0 aliphatic heterocycles. The van der Waals surface area contributed by atoms with Gasteiger partial charge in [0.15, 0.2) is 0 Å². The Kier molecular flexibility index (Phi) is 1.92. The SMILES string of the molecule is Oc1cnc(Br)c2cc(F)ccc12. The number of rotatable bonds is 0. The van der Waals surface area contributed by atoms with Crippen LogP contribution in [0.25, 0.3) is 10.8 Å². The molecule has 4 heteroatoms. The summed E-state index contributed by atoms with van der Waals surface area (Å²) in [5, 5.41) is 10.5. The predicted molar refractivity (Wildman–Crippen MR) is 51.1 cm³/mol. The third-order valence-corrected chi connectivity index (χ3v) is 2.41. The molecule has 0 bridgehead atoms. The third kappa shape index (κ3) is 1.37. The molecular weight excluding hydrogens is 237 g/mol. The molecule has 1 N–H and O–H groups in total. The summed E-state index contributed by atoms with van der Waals surface area (Å²) < 4.78 is 13.3. The smallest absolute Gasteiger partial charge is 0.141 e. The lowest BCUT2D eigenvalue weighted by molar-refractivity contribution is 0.479. The van der Waals surface area contributed by atoms with Crippen LogP contribution >= 0.6 is 15.9 Å². The summed E-state index contributed by atoms with van der Waals surface area (Å²) in [5.74, 6) is -0.293. The van der Waals surface area contributed by atoms with Gasteiger partial charge < -0.3 is 5.11 Å². The third-order valence-electron chi connectivity index (χ3n) is 1.78. The first-order valence-corrected chi connectivity index (χ1v) is 4.40. The predicted octanol–water partition coefficient (Wildman–Crippen LogP) is 2.84. The number of halogens is 2. The quantitative estimate of drug-likeness (QED) is 0.720. The summed E-state index contributed by atoms with van der Waals surface area (Å²) in [6, 6.07) is 4.15. The van der Waals surface area contributed by atoms with E-state index in [2.05, 4.69) is 20.9 Å². The zero-order chi connectivity index (χ0) is 9.42. The van der Waals surface area contributed by atoms with E-state index in [0.29, 0.717) is 15.4 Å². The first kappa shape index (κ1) is 8.44. The van der Waals surface area contributed by atoms with Crippen LogP contribution in [0.2, 0.25) is 0 Å². The normalized spacial score (nSPS) is 10.6. The molecule has 13 heavy (non-hydrogen) atoms. The van der Waals surface area contributed by atoms with E-state index in [-0.39, 0.29) is 11.6 Å². The highest BCUT2D eigenvalue weighted by atomic mass is 79.9. The maximum atomic E-state index is 12.8. The second-order valence-corrected chi connectivity index (χ2v) is 3.38. The molecule has 0 atom stereocenters. The molecule has 2 rings (SSSR count). The van der Waals surface area contributed by atoms with E-state index in [1.54, 1.807) is 0 Å². The van der Waals surface area contributed by atoms with Crippen LogP contribution in [0.15, 0.2) is 29.0 Å². The Bertz CT molecular complexity index is 472. The van der Waals surface area contributed by atoms with Crippen LogP contribution in [0.4, 0.5) is 4.39 Å². The Balaban J connectivity index is 2.92. The van der Waals surface area contributed by atoms with Crippen LogP contribution in [0, 0.1) is 5.82 Å². The average molecular weight is 242 g/mol. The summed E-state index contributed by atoms with van der Waals surface area (Å²) in [5.41, 5.74) is 0. The summed E-state index contributed by atoms with van der Waals surface area (Å²) in [7, 11) is 0. The molecule has 0 amide bonds. The second-order valence-electron chi connectivity index (χ2n) is 2.62. The van der Waals surface area contributed by atoms with Crippen molar-refractivity contribution >= 4 is 26.7 Å². The summed E-state index contributed by atoms with van der Waals surface area (Å²) >= 11 is 3.18. The van der Waals surface area contributed by atoms with Crippen molar-refractivity contribution in [1.29, 1.82) is 0 Å². The molecule has 2 aromatic rings.